The van der Waals surface area contributed by atoms with Crippen molar-refractivity contribution >= 4 is 56.1 Å². The Bertz CT molecular complexity index is 973. The van der Waals surface area contributed by atoms with Crippen LogP contribution in [0.25, 0.3) is 10.2 Å². The van der Waals surface area contributed by atoms with Crippen LogP contribution in [0.15, 0.2) is 52.3 Å². The summed E-state index contributed by atoms with van der Waals surface area (Å²) in [6, 6.07) is 12.4. The van der Waals surface area contributed by atoms with Crippen LogP contribution in [-0.4, -0.2) is 54.0 Å². The number of thioether (sulfide) groups is 2. The van der Waals surface area contributed by atoms with Crippen LogP contribution in [0.5, 0.6) is 0 Å². The van der Waals surface area contributed by atoms with Gasteiger partial charge in [-0.05, 0) is 55.7 Å². The van der Waals surface area contributed by atoms with Gasteiger partial charge in [0.2, 0.25) is 5.91 Å². The van der Waals surface area contributed by atoms with Crippen LogP contribution in [0.3, 0.4) is 0 Å². The lowest BCUT2D eigenvalue weighted by atomic mass is 10.3. The van der Waals surface area contributed by atoms with Gasteiger partial charge in [-0.3, -0.25) is 9.69 Å². The summed E-state index contributed by atoms with van der Waals surface area (Å²) >= 11 is 4.64. The van der Waals surface area contributed by atoms with Crippen LogP contribution in [-0.2, 0) is 4.79 Å². The van der Waals surface area contributed by atoms with E-state index >= 15 is 0 Å². The van der Waals surface area contributed by atoms with Crippen molar-refractivity contribution in [3.05, 3.63) is 48.3 Å². The molecule has 1 aromatic heterocycles. The highest BCUT2D eigenvalue weighted by atomic mass is 32.2. The second-order valence-corrected chi connectivity index (χ2v) is 9.52. The van der Waals surface area contributed by atoms with Crippen molar-refractivity contribution in [1.82, 2.24) is 9.88 Å². The lowest BCUT2D eigenvalue weighted by Crippen LogP contribution is -2.39. The lowest BCUT2D eigenvalue weighted by molar-refractivity contribution is -0.116. The first-order valence-corrected chi connectivity index (χ1v) is 12.9. The maximum absolute atomic E-state index is 13.2. The van der Waals surface area contributed by atoms with Crippen LogP contribution < -0.4 is 4.90 Å². The molecule has 4 nitrogen and oxygen atoms in total. The molecule has 0 bridgehead atoms. The number of amides is 1. The van der Waals surface area contributed by atoms with E-state index in [2.05, 4.69) is 30.9 Å². The highest BCUT2D eigenvalue weighted by Crippen LogP contribution is 2.34. The molecule has 2 aromatic carbocycles. The van der Waals surface area contributed by atoms with Crippen molar-refractivity contribution in [1.29, 1.82) is 0 Å². The highest BCUT2D eigenvalue weighted by molar-refractivity contribution is 8.00. The molecule has 0 unspecified atom stereocenters. The Morgan fingerprint density at radius 3 is 2.50 bits per heavy atom. The number of rotatable bonds is 10. The van der Waals surface area contributed by atoms with Gasteiger partial charge in [-0.15, -0.1) is 23.5 Å². The molecular formula is C22H26FN3OS3. The Kier molecular flexibility index (Phi) is 8.56. The van der Waals surface area contributed by atoms with Gasteiger partial charge in [0.15, 0.2) is 5.13 Å². The summed E-state index contributed by atoms with van der Waals surface area (Å²) in [5.41, 5.74) is 0.955. The summed E-state index contributed by atoms with van der Waals surface area (Å²) in [5, 5.41) is 0.739. The van der Waals surface area contributed by atoms with E-state index in [1.54, 1.807) is 35.2 Å². The predicted octanol–water partition coefficient (Wildman–Crippen LogP) is 5.62. The molecule has 0 aliphatic rings. The number of thiazole rings is 1. The van der Waals surface area contributed by atoms with E-state index in [4.69, 9.17) is 4.98 Å². The van der Waals surface area contributed by atoms with Gasteiger partial charge in [0.05, 0.1) is 16.0 Å². The summed E-state index contributed by atoms with van der Waals surface area (Å²) in [4.78, 5) is 24.1. The minimum absolute atomic E-state index is 0.0150. The first-order valence-electron chi connectivity index (χ1n) is 9.90. The van der Waals surface area contributed by atoms with Gasteiger partial charge in [-0.1, -0.05) is 31.3 Å². The fraction of sp³-hybridized carbons (Fsp3) is 0.364. The molecule has 0 saturated heterocycles. The number of likely N-dealkylation sites (N-methyl/N-ethyl adjacent to an activating group) is 1. The monoisotopic (exact) mass is 463 g/mol. The highest BCUT2D eigenvalue weighted by Gasteiger charge is 2.21. The SMILES string of the molecule is CCN(CC)CCN(C(=O)CSc1ccc(F)cc1)c1nc2c(SC)cccc2s1. The van der Waals surface area contributed by atoms with Crippen molar-refractivity contribution in [2.45, 2.75) is 23.6 Å². The average molecular weight is 464 g/mol. The molecular weight excluding hydrogens is 437 g/mol. The van der Waals surface area contributed by atoms with Gasteiger partial charge >= 0.3 is 0 Å². The van der Waals surface area contributed by atoms with Crippen molar-refractivity contribution in [2.75, 3.05) is 43.1 Å². The number of aromatic nitrogens is 1. The minimum Gasteiger partial charge on any atom is -0.302 e. The summed E-state index contributed by atoms with van der Waals surface area (Å²) in [5.74, 6) is 0.0293. The van der Waals surface area contributed by atoms with E-state index in [-0.39, 0.29) is 17.5 Å². The Balaban J connectivity index is 1.82. The molecule has 160 valence electrons. The zero-order valence-electron chi connectivity index (χ0n) is 17.4. The summed E-state index contributed by atoms with van der Waals surface area (Å²) in [6.45, 7) is 7.54. The van der Waals surface area contributed by atoms with Crippen LogP contribution >= 0.6 is 34.9 Å². The maximum atomic E-state index is 13.2. The topological polar surface area (TPSA) is 36.4 Å². The van der Waals surface area contributed by atoms with E-state index in [0.717, 1.165) is 44.8 Å². The fourth-order valence-corrected chi connectivity index (χ4v) is 5.49. The first-order chi connectivity index (χ1) is 14.5. The van der Waals surface area contributed by atoms with E-state index < -0.39 is 0 Å². The van der Waals surface area contributed by atoms with Crippen LogP contribution in [0, 0.1) is 5.82 Å². The average Bonchev–Trinajstić information content (AvgIpc) is 3.20. The predicted molar refractivity (Wildman–Crippen MR) is 129 cm³/mol. The number of carbonyl (C=O) groups excluding carboxylic acids is 1. The molecule has 0 fully saturated rings. The normalized spacial score (nSPS) is 11.4. The van der Waals surface area contributed by atoms with E-state index in [0.29, 0.717) is 6.54 Å². The molecule has 0 N–H and O–H groups in total. The number of hydrogen-bond donors (Lipinski definition) is 0. The third-order valence-corrected chi connectivity index (χ3v) is 7.64. The molecule has 0 aliphatic heterocycles. The fourth-order valence-electron chi connectivity index (χ4n) is 3.05. The summed E-state index contributed by atoms with van der Waals surface area (Å²) < 4.78 is 14.2. The second kappa shape index (κ2) is 11.1. The van der Waals surface area contributed by atoms with Crippen molar-refractivity contribution in [3.63, 3.8) is 0 Å². The quantitative estimate of drug-likeness (QED) is 0.365. The molecule has 0 spiro atoms. The van der Waals surface area contributed by atoms with Gasteiger partial charge in [0.25, 0.3) is 0 Å². The zero-order chi connectivity index (χ0) is 21.5. The van der Waals surface area contributed by atoms with Gasteiger partial charge in [0, 0.05) is 22.9 Å². The maximum Gasteiger partial charge on any atom is 0.239 e. The summed E-state index contributed by atoms with van der Waals surface area (Å²) in [7, 11) is 0. The number of hydrogen-bond acceptors (Lipinski definition) is 6. The number of benzene rings is 2. The van der Waals surface area contributed by atoms with Gasteiger partial charge in [-0.2, -0.15) is 0 Å². The first kappa shape index (κ1) is 23.1. The Labute approximate surface area is 189 Å². The van der Waals surface area contributed by atoms with Gasteiger partial charge < -0.3 is 4.90 Å². The van der Waals surface area contributed by atoms with E-state index in [1.165, 1.54) is 23.9 Å². The van der Waals surface area contributed by atoms with Crippen molar-refractivity contribution in [3.8, 4) is 0 Å². The number of para-hydroxylation sites is 1. The van der Waals surface area contributed by atoms with Crippen LogP contribution in [0.4, 0.5) is 9.52 Å². The third kappa shape index (κ3) is 5.75. The molecule has 8 heteroatoms. The standard InChI is InChI=1S/C22H26FN3OS3/c1-4-25(5-2)13-14-26(20(27)15-29-17-11-9-16(23)10-12-17)22-24-21-18(28-3)7-6-8-19(21)30-22/h6-12H,4-5,13-15H2,1-3H3. The Morgan fingerprint density at radius 2 is 1.83 bits per heavy atom. The van der Waals surface area contributed by atoms with Gasteiger partial charge in [0.1, 0.15) is 5.82 Å². The molecule has 0 aliphatic carbocycles. The molecule has 1 heterocycles. The largest absolute Gasteiger partial charge is 0.302 e. The molecule has 3 aromatic rings. The Morgan fingerprint density at radius 1 is 1.10 bits per heavy atom. The second-order valence-electron chi connectivity index (χ2n) is 6.62. The summed E-state index contributed by atoms with van der Waals surface area (Å²) in [6.07, 6.45) is 2.04. The Hall–Kier alpha value is -1.61. The number of fused-ring (bicyclic) bond motifs is 1. The van der Waals surface area contributed by atoms with Crippen molar-refractivity contribution < 1.29 is 9.18 Å². The van der Waals surface area contributed by atoms with Crippen LogP contribution in [0.2, 0.25) is 0 Å². The molecule has 1 amide bonds. The third-order valence-electron chi connectivity index (χ3n) is 4.83. The molecule has 3 rings (SSSR count). The smallest absolute Gasteiger partial charge is 0.239 e. The number of carbonyl (C=O) groups is 1. The van der Waals surface area contributed by atoms with E-state index in [1.807, 2.05) is 17.2 Å². The minimum atomic E-state index is -0.273. The van der Waals surface area contributed by atoms with Gasteiger partial charge in [-0.25, -0.2) is 9.37 Å². The van der Waals surface area contributed by atoms with Crippen LogP contribution in [0.1, 0.15) is 13.8 Å². The number of halogens is 1. The molecule has 0 atom stereocenters. The van der Waals surface area contributed by atoms with E-state index in [9.17, 15) is 9.18 Å². The zero-order valence-corrected chi connectivity index (χ0v) is 19.9. The van der Waals surface area contributed by atoms with Crippen molar-refractivity contribution in [2.24, 2.45) is 0 Å². The number of anilines is 1. The number of nitrogens with zero attached hydrogens (tertiary/aromatic N) is 3. The molecule has 0 radical (unpaired) electrons. The molecule has 30 heavy (non-hydrogen) atoms. The molecule has 0 saturated carbocycles. The lowest BCUT2D eigenvalue weighted by Gasteiger charge is -2.24.